The third kappa shape index (κ3) is 2.62. The van der Waals surface area contributed by atoms with Gasteiger partial charge in [-0.3, -0.25) is 0 Å². The summed E-state index contributed by atoms with van der Waals surface area (Å²) >= 11 is 5.93. The molecule has 0 radical (unpaired) electrons. The van der Waals surface area contributed by atoms with E-state index in [0.717, 1.165) is 16.6 Å². The molecule has 3 rings (SSSR count). The molecular weight excluding hydrogens is 300 g/mol. The molecule has 0 fully saturated rings. The summed E-state index contributed by atoms with van der Waals surface area (Å²) in [6.45, 7) is 2.77. The molecule has 0 saturated carbocycles. The molecule has 114 valence electrons. The molecule has 22 heavy (non-hydrogen) atoms. The number of aryl methyl sites for hydroxylation is 1. The minimum Gasteiger partial charge on any atom is -0.461 e. The highest BCUT2D eigenvalue weighted by Gasteiger charge is 2.18. The summed E-state index contributed by atoms with van der Waals surface area (Å²) in [6.07, 6.45) is 1.98. The molecule has 0 saturated heterocycles. The highest BCUT2D eigenvalue weighted by Crippen LogP contribution is 2.23. The molecule has 0 spiro atoms. The number of hydrogen-bond donors (Lipinski definition) is 0. The number of aromatic nitrogens is 2. The number of hydrogen-bond acceptors (Lipinski definition) is 2. The fourth-order valence-corrected chi connectivity index (χ4v) is 2.71. The number of rotatable bonds is 4. The number of nitrogens with zero attached hydrogens (tertiary/aromatic N) is 2. The zero-order valence-corrected chi connectivity index (χ0v) is 13.3. The standard InChI is InChI=1S/C17H17ClN2O2/c1-3-22-17(21)16-10-15-14(8-9-19(15)2)20(16)11-12-4-6-13(18)7-5-12/h4-10H,3,11H2,1-2H3. The summed E-state index contributed by atoms with van der Waals surface area (Å²) in [5.74, 6) is -0.298. The van der Waals surface area contributed by atoms with Crippen molar-refractivity contribution in [2.24, 2.45) is 7.05 Å². The molecule has 3 aromatic rings. The van der Waals surface area contributed by atoms with Crippen molar-refractivity contribution in [1.29, 1.82) is 0 Å². The maximum absolute atomic E-state index is 12.2. The van der Waals surface area contributed by atoms with E-state index in [2.05, 4.69) is 0 Å². The Labute approximate surface area is 133 Å². The molecule has 1 aromatic carbocycles. The Balaban J connectivity index is 2.06. The lowest BCUT2D eigenvalue weighted by Gasteiger charge is -2.10. The van der Waals surface area contributed by atoms with Crippen LogP contribution >= 0.6 is 11.6 Å². The molecule has 0 N–H and O–H groups in total. The number of carbonyl (C=O) groups excluding carboxylic acids is 1. The number of carbonyl (C=O) groups is 1. The second kappa shape index (κ2) is 5.89. The minimum atomic E-state index is -0.298. The summed E-state index contributed by atoms with van der Waals surface area (Å²) in [6, 6.07) is 11.5. The van der Waals surface area contributed by atoms with E-state index in [0.29, 0.717) is 23.9 Å². The Bertz CT molecular complexity index is 815. The van der Waals surface area contributed by atoms with E-state index in [4.69, 9.17) is 16.3 Å². The molecule has 4 nitrogen and oxygen atoms in total. The van der Waals surface area contributed by atoms with Crippen LogP contribution in [0.1, 0.15) is 23.0 Å². The third-order valence-corrected chi connectivity index (χ3v) is 3.94. The second-order valence-electron chi connectivity index (χ2n) is 5.16. The van der Waals surface area contributed by atoms with E-state index in [9.17, 15) is 4.79 Å². The van der Waals surface area contributed by atoms with Gasteiger partial charge in [0.1, 0.15) is 5.69 Å². The van der Waals surface area contributed by atoms with Gasteiger partial charge in [-0.2, -0.15) is 0 Å². The van der Waals surface area contributed by atoms with Gasteiger partial charge in [-0.1, -0.05) is 23.7 Å². The normalized spacial score (nSPS) is 11.0. The van der Waals surface area contributed by atoms with Crippen LogP contribution in [-0.2, 0) is 18.3 Å². The first-order chi connectivity index (χ1) is 10.6. The fourth-order valence-electron chi connectivity index (χ4n) is 2.59. The van der Waals surface area contributed by atoms with E-state index < -0.39 is 0 Å². The average molecular weight is 317 g/mol. The molecule has 0 amide bonds. The molecule has 2 aromatic heterocycles. The van der Waals surface area contributed by atoms with Crippen LogP contribution in [0, 0.1) is 0 Å². The fraction of sp³-hybridized carbons (Fsp3) is 0.235. The first kappa shape index (κ1) is 14.7. The number of fused-ring (bicyclic) bond motifs is 1. The van der Waals surface area contributed by atoms with Crippen molar-refractivity contribution in [2.45, 2.75) is 13.5 Å². The van der Waals surface area contributed by atoms with Crippen molar-refractivity contribution in [3.05, 3.63) is 58.9 Å². The summed E-state index contributed by atoms with van der Waals surface area (Å²) in [5, 5.41) is 0.701. The lowest BCUT2D eigenvalue weighted by molar-refractivity contribution is 0.0515. The van der Waals surface area contributed by atoms with Crippen LogP contribution in [0.15, 0.2) is 42.6 Å². The van der Waals surface area contributed by atoms with Gasteiger partial charge < -0.3 is 13.9 Å². The largest absolute Gasteiger partial charge is 0.461 e. The Hall–Kier alpha value is -2.20. The van der Waals surface area contributed by atoms with Gasteiger partial charge in [-0.05, 0) is 36.8 Å². The van der Waals surface area contributed by atoms with Crippen molar-refractivity contribution in [1.82, 2.24) is 9.13 Å². The minimum absolute atomic E-state index is 0.298. The van der Waals surface area contributed by atoms with Crippen molar-refractivity contribution >= 4 is 28.6 Å². The van der Waals surface area contributed by atoms with Crippen LogP contribution in [0.2, 0.25) is 5.02 Å². The number of esters is 1. The number of halogens is 1. The first-order valence-electron chi connectivity index (χ1n) is 7.16. The van der Waals surface area contributed by atoms with E-state index >= 15 is 0 Å². The quantitative estimate of drug-likeness (QED) is 0.685. The molecule has 5 heteroatoms. The predicted octanol–water partition coefficient (Wildman–Crippen LogP) is 3.86. The summed E-state index contributed by atoms with van der Waals surface area (Å²) in [4.78, 5) is 12.2. The van der Waals surface area contributed by atoms with Gasteiger partial charge in [-0.25, -0.2) is 4.79 Å². The van der Waals surface area contributed by atoms with Crippen LogP contribution in [0.25, 0.3) is 11.0 Å². The smallest absolute Gasteiger partial charge is 0.355 e. The zero-order valence-electron chi connectivity index (χ0n) is 12.5. The molecule has 0 unspecified atom stereocenters. The molecule has 0 aliphatic carbocycles. The molecule has 0 aliphatic rings. The maximum Gasteiger partial charge on any atom is 0.355 e. The monoisotopic (exact) mass is 316 g/mol. The Kier molecular flexibility index (Phi) is 3.94. The molecule has 2 heterocycles. The van der Waals surface area contributed by atoms with E-state index in [-0.39, 0.29) is 5.97 Å². The van der Waals surface area contributed by atoms with Crippen LogP contribution in [0.4, 0.5) is 0 Å². The van der Waals surface area contributed by atoms with E-state index in [1.807, 2.05) is 65.7 Å². The Morgan fingerprint density at radius 2 is 1.91 bits per heavy atom. The van der Waals surface area contributed by atoms with Crippen LogP contribution in [-0.4, -0.2) is 21.7 Å². The topological polar surface area (TPSA) is 36.2 Å². The van der Waals surface area contributed by atoms with Gasteiger partial charge in [0, 0.05) is 24.8 Å². The summed E-state index contributed by atoms with van der Waals surface area (Å²) in [5.41, 5.74) is 3.67. The molecule has 0 atom stereocenters. The van der Waals surface area contributed by atoms with Gasteiger partial charge in [0.25, 0.3) is 0 Å². The highest BCUT2D eigenvalue weighted by atomic mass is 35.5. The van der Waals surface area contributed by atoms with Crippen molar-refractivity contribution in [3.63, 3.8) is 0 Å². The van der Waals surface area contributed by atoms with E-state index in [1.165, 1.54) is 0 Å². The van der Waals surface area contributed by atoms with Gasteiger partial charge in [0.15, 0.2) is 0 Å². The van der Waals surface area contributed by atoms with Crippen LogP contribution in [0.3, 0.4) is 0 Å². The van der Waals surface area contributed by atoms with Gasteiger partial charge in [0.05, 0.1) is 17.6 Å². The van der Waals surface area contributed by atoms with Crippen LogP contribution < -0.4 is 0 Å². The number of ether oxygens (including phenoxy) is 1. The molecular formula is C17H17ClN2O2. The first-order valence-corrected chi connectivity index (χ1v) is 7.54. The van der Waals surface area contributed by atoms with Crippen molar-refractivity contribution < 1.29 is 9.53 Å². The molecule has 0 bridgehead atoms. The maximum atomic E-state index is 12.2. The second-order valence-corrected chi connectivity index (χ2v) is 5.60. The van der Waals surface area contributed by atoms with E-state index in [1.54, 1.807) is 0 Å². The highest BCUT2D eigenvalue weighted by molar-refractivity contribution is 6.30. The Morgan fingerprint density at radius 3 is 2.59 bits per heavy atom. The zero-order chi connectivity index (χ0) is 15.7. The van der Waals surface area contributed by atoms with Gasteiger partial charge in [-0.15, -0.1) is 0 Å². The predicted molar refractivity (Wildman–Crippen MR) is 87.4 cm³/mol. The van der Waals surface area contributed by atoms with Crippen LogP contribution in [0.5, 0.6) is 0 Å². The SMILES string of the molecule is CCOC(=O)c1cc2c(ccn2C)n1Cc1ccc(Cl)cc1. The van der Waals surface area contributed by atoms with Crippen molar-refractivity contribution in [3.8, 4) is 0 Å². The number of benzene rings is 1. The lowest BCUT2D eigenvalue weighted by Crippen LogP contribution is -2.12. The van der Waals surface area contributed by atoms with Gasteiger partial charge in [0.2, 0.25) is 0 Å². The Morgan fingerprint density at radius 1 is 1.18 bits per heavy atom. The van der Waals surface area contributed by atoms with Gasteiger partial charge >= 0.3 is 5.97 Å². The van der Waals surface area contributed by atoms with Crippen molar-refractivity contribution in [2.75, 3.05) is 6.61 Å². The lowest BCUT2D eigenvalue weighted by atomic mass is 10.2. The summed E-state index contributed by atoms with van der Waals surface area (Å²) in [7, 11) is 1.96. The summed E-state index contributed by atoms with van der Waals surface area (Å²) < 4.78 is 9.15. The average Bonchev–Trinajstić information content (AvgIpc) is 3.03. The third-order valence-electron chi connectivity index (χ3n) is 3.69. The molecule has 0 aliphatic heterocycles.